The van der Waals surface area contributed by atoms with E-state index >= 15 is 0 Å². The fourth-order valence-electron chi connectivity index (χ4n) is 1.62. The van der Waals surface area contributed by atoms with Crippen LogP contribution < -0.4 is 5.32 Å². The van der Waals surface area contributed by atoms with E-state index in [0.717, 1.165) is 0 Å². The van der Waals surface area contributed by atoms with Gasteiger partial charge in [0.2, 0.25) is 0 Å². The van der Waals surface area contributed by atoms with Gasteiger partial charge in [-0.1, -0.05) is 25.4 Å². The summed E-state index contributed by atoms with van der Waals surface area (Å²) in [5.41, 5.74) is 0.169. The second-order valence-electron chi connectivity index (χ2n) is 4.63. The summed E-state index contributed by atoms with van der Waals surface area (Å²) in [6, 6.07) is 0. The Kier molecular flexibility index (Phi) is 7.56. The molecule has 1 N–H and O–H groups in total. The zero-order valence-corrected chi connectivity index (χ0v) is 13.6. The van der Waals surface area contributed by atoms with Crippen LogP contribution >= 0.6 is 11.6 Å². The first-order chi connectivity index (χ1) is 9.99. The first kappa shape index (κ1) is 17.8. The molecule has 118 valence electrons. The van der Waals surface area contributed by atoms with Gasteiger partial charge in [-0.25, -0.2) is 9.97 Å². The van der Waals surface area contributed by atoms with Crippen LogP contribution in [0.5, 0.6) is 0 Å². The van der Waals surface area contributed by atoms with Crippen molar-refractivity contribution >= 4 is 17.5 Å². The van der Waals surface area contributed by atoms with Crippen molar-refractivity contribution < 1.29 is 14.3 Å². The van der Waals surface area contributed by atoms with Crippen LogP contribution in [-0.2, 0) is 9.47 Å². The number of ether oxygens (including phenoxy) is 2. The van der Waals surface area contributed by atoms with Gasteiger partial charge in [0.25, 0.3) is 5.91 Å². The van der Waals surface area contributed by atoms with Crippen molar-refractivity contribution in [2.24, 2.45) is 0 Å². The molecule has 7 heteroatoms. The van der Waals surface area contributed by atoms with Gasteiger partial charge in [-0.2, -0.15) is 0 Å². The highest BCUT2D eigenvalue weighted by Crippen LogP contribution is 2.16. The third-order valence-corrected chi connectivity index (χ3v) is 2.91. The molecule has 0 radical (unpaired) electrons. The third kappa shape index (κ3) is 5.57. The molecule has 0 saturated carbocycles. The fraction of sp³-hybridized carbons (Fsp3) is 0.643. The molecular formula is C14H22ClN3O3. The smallest absolute Gasteiger partial charge is 0.271 e. The van der Waals surface area contributed by atoms with Gasteiger partial charge in [-0.3, -0.25) is 4.79 Å². The predicted molar refractivity (Wildman–Crippen MR) is 80.5 cm³/mol. The Hall–Kier alpha value is -1.24. The highest BCUT2D eigenvalue weighted by atomic mass is 35.5. The molecule has 0 bridgehead atoms. The summed E-state index contributed by atoms with van der Waals surface area (Å²) in [7, 11) is 0. The molecule has 0 saturated heterocycles. The summed E-state index contributed by atoms with van der Waals surface area (Å²) < 4.78 is 10.7. The molecule has 1 heterocycles. The zero-order valence-electron chi connectivity index (χ0n) is 12.9. The minimum atomic E-state index is -0.478. The molecule has 6 nitrogen and oxygen atoms in total. The standard InChI is InChI=1S/C14H22ClN3O3/c1-5-20-11(21-6-2)8-17-14(19)12-10(15)7-16-13(18-12)9(3)4/h7,9,11H,5-6,8H2,1-4H3,(H,17,19). The van der Waals surface area contributed by atoms with Gasteiger partial charge in [-0.05, 0) is 13.8 Å². The Balaban J connectivity index is 2.72. The van der Waals surface area contributed by atoms with Crippen molar-refractivity contribution in [3.63, 3.8) is 0 Å². The van der Waals surface area contributed by atoms with E-state index in [0.29, 0.717) is 19.0 Å². The molecule has 1 aromatic rings. The number of halogens is 1. The SMILES string of the molecule is CCOC(CNC(=O)c1nc(C(C)C)ncc1Cl)OCC. The number of nitrogens with one attached hydrogen (secondary N) is 1. The van der Waals surface area contributed by atoms with Crippen LogP contribution in [-0.4, -0.2) is 41.9 Å². The maximum Gasteiger partial charge on any atom is 0.271 e. The quantitative estimate of drug-likeness (QED) is 0.746. The number of carbonyl (C=O) groups is 1. The van der Waals surface area contributed by atoms with Gasteiger partial charge in [0.05, 0.1) is 17.8 Å². The largest absolute Gasteiger partial charge is 0.351 e. The second-order valence-corrected chi connectivity index (χ2v) is 5.04. The van der Waals surface area contributed by atoms with Crippen molar-refractivity contribution in [2.75, 3.05) is 19.8 Å². The van der Waals surface area contributed by atoms with Gasteiger partial charge < -0.3 is 14.8 Å². The lowest BCUT2D eigenvalue weighted by molar-refractivity contribution is -0.131. The van der Waals surface area contributed by atoms with Crippen molar-refractivity contribution in [1.29, 1.82) is 0 Å². The van der Waals surface area contributed by atoms with E-state index in [2.05, 4.69) is 15.3 Å². The Bertz CT molecular complexity index is 463. The number of hydrogen-bond acceptors (Lipinski definition) is 5. The monoisotopic (exact) mass is 315 g/mol. The molecule has 1 aromatic heterocycles. The number of carbonyl (C=O) groups excluding carboxylic acids is 1. The van der Waals surface area contributed by atoms with Crippen molar-refractivity contribution in [3.05, 3.63) is 22.7 Å². The molecule has 0 aromatic carbocycles. The molecule has 0 fully saturated rings. The lowest BCUT2D eigenvalue weighted by Crippen LogP contribution is -2.36. The topological polar surface area (TPSA) is 73.3 Å². The van der Waals surface area contributed by atoms with Crippen molar-refractivity contribution in [3.8, 4) is 0 Å². The molecule has 1 amide bonds. The molecule has 21 heavy (non-hydrogen) atoms. The number of nitrogens with zero attached hydrogens (tertiary/aromatic N) is 2. The normalized spacial score (nSPS) is 11.2. The first-order valence-electron chi connectivity index (χ1n) is 7.03. The van der Waals surface area contributed by atoms with Crippen LogP contribution in [0.2, 0.25) is 5.02 Å². The Labute approximate surface area is 130 Å². The summed E-state index contributed by atoms with van der Waals surface area (Å²) in [6.45, 7) is 8.88. The minimum Gasteiger partial charge on any atom is -0.351 e. The van der Waals surface area contributed by atoms with Crippen LogP contribution in [0.25, 0.3) is 0 Å². The average Bonchev–Trinajstić information content (AvgIpc) is 2.45. The zero-order chi connectivity index (χ0) is 15.8. The summed E-state index contributed by atoms with van der Waals surface area (Å²) in [4.78, 5) is 20.5. The summed E-state index contributed by atoms with van der Waals surface area (Å²) in [5.74, 6) is 0.331. The molecule has 0 atom stereocenters. The molecular weight excluding hydrogens is 294 g/mol. The molecule has 0 aliphatic rings. The lowest BCUT2D eigenvalue weighted by atomic mass is 10.2. The second kappa shape index (κ2) is 8.92. The summed E-state index contributed by atoms with van der Waals surface area (Å²) in [6.07, 6.45) is 0.968. The van der Waals surface area contributed by atoms with E-state index in [4.69, 9.17) is 21.1 Å². The summed E-state index contributed by atoms with van der Waals surface area (Å²) in [5, 5.41) is 2.94. The average molecular weight is 316 g/mol. The van der Waals surface area contributed by atoms with Crippen LogP contribution in [0.4, 0.5) is 0 Å². The Morgan fingerprint density at radius 3 is 2.48 bits per heavy atom. The van der Waals surface area contributed by atoms with Crippen LogP contribution in [0.1, 0.15) is 49.9 Å². The van der Waals surface area contributed by atoms with E-state index in [9.17, 15) is 4.79 Å². The highest BCUT2D eigenvalue weighted by Gasteiger charge is 2.17. The van der Waals surface area contributed by atoms with E-state index in [-0.39, 0.29) is 29.1 Å². The van der Waals surface area contributed by atoms with E-state index < -0.39 is 6.29 Å². The van der Waals surface area contributed by atoms with Crippen LogP contribution in [0, 0.1) is 0 Å². The highest BCUT2D eigenvalue weighted by molar-refractivity contribution is 6.33. The van der Waals surface area contributed by atoms with Gasteiger partial charge in [0.15, 0.2) is 6.29 Å². The lowest BCUT2D eigenvalue weighted by Gasteiger charge is -2.17. The molecule has 0 aliphatic carbocycles. The fourth-order valence-corrected chi connectivity index (χ4v) is 1.79. The first-order valence-corrected chi connectivity index (χ1v) is 7.41. The number of aromatic nitrogens is 2. The molecule has 1 rings (SSSR count). The number of amides is 1. The molecule has 0 aliphatic heterocycles. The maximum atomic E-state index is 12.2. The van der Waals surface area contributed by atoms with Crippen molar-refractivity contribution in [2.45, 2.75) is 39.9 Å². The Morgan fingerprint density at radius 1 is 1.33 bits per heavy atom. The molecule has 0 spiro atoms. The summed E-state index contributed by atoms with van der Waals surface area (Å²) >= 11 is 5.99. The van der Waals surface area contributed by atoms with E-state index in [1.54, 1.807) is 0 Å². The van der Waals surface area contributed by atoms with Gasteiger partial charge >= 0.3 is 0 Å². The Morgan fingerprint density at radius 2 is 1.95 bits per heavy atom. The molecule has 0 unspecified atom stereocenters. The predicted octanol–water partition coefficient (Wildman–Crippen LogP) is 2.38. The minimum absolute atomic E-state index is 0.119. The third-order valence-electron chi connectivity index (χ3n) is 2.63. The van der Waals surface area contributed by atoms with Gasteiger partial charge in [0.1, 0.15) is 11.5 Å². The van der Waals surface area contributed by atoms with E-state index in [1.807, 2.05) is 27.7 Å². The van der Waals surface area contributed by atoms with E-state index in [1.165, 1.54) is 6.20 Å². The maximum absolute atomic E-state index is 12.2. The van der Waals surface area contributed by atoms with Crippen LogP contribution in [0.3, 0.4) is 0 Å². The number of rotatable bonds is 8. The van der Waals surface area contributed by atoms with Crippen LogP contribution in [0.15, 0.2) is 6.20 Å². The van der Waals surface area contributed by atoms with Crippen molar-refractivity contribution in [1.82, 2.24) is 15.3 Å². The van der Waals surface area contributed by atoms with Gasteiger partial charge in [-0.15, -0.1) is 0 Å². The number of hydrogen-bond donors (Lipinski definition) is 1. The van der Waals surface area contributed by atoms with Gasteiger partial charge in [0, 0.05) is 19.1 Å².